The molecule has 3 heterocycles. The highest BCUT2D eigenvalue weighted by Gasteiger charge is 2.40. The van der Waals surface area contributed by atoms with Crippen LogP contribution >= 0.6 is 23.4 Å². The van der Waals surface area contributed by atoms with Gasteiger partial charge in [0.2, 0.25) is 17.0 Å². The van der Waals surface area contributed by atoms with Crippen molar-refractivity contribution < 1.29 is 9.90 Å². The molecular weight excluding hydrogens is 484 g/mol. The van der Waals surface area contributed by atoms with Gasteiger partial charge in [-0.3, -0.25) is 9.78 Å². The number of phenolic OH excluding ortho intramolecular Hbond substituents is 1. The molecule has 10 heteroatoms. The summed E-state index contributed by atoms with van der Waals surface area (Å²) in [5.74, 6) is 0.137. The quantitative estimate of drug-likeness (QED) is 0.313. The summed E-state index contributed by atoms with van der Waals surface area (Å²) < 4.78 is 1.67. The Hall–Kier alpha value is -3.82. The number of nitrogens with zero attached hydrogens (tertiary/aromatic N) is 4. The Morgan fingerprint density at radius 3 is 2.83 bits per heavy atom. The summed E-state index contributed by atoms with van der Waals surface area (Å²) >= 11 is 7.73. The highest BCUT2D eigenvalue weighted by atomic mass is 35.5. The van der Waals surface area contributed by atoms with E-state index >= 15 is 0 Å². The van der Waals surface area contributed by atoms with Crippen molar-refractivity contribution in [1.82, 2.24) is 19.7 Å². The van der Waals surface area contributed by atoms with Crippen LogP contribution in [0.15, 0.2) is 90.5 Å². The molecule has 0 unspecified atom stereocenters. The normalized spacial score (nSPS) is 16.9. The van der Waals surface area contributed by atoms with Gasteiger partial charge in [-0.05, 0) is 41.5 Å². The molecular formula is C25H21ClN6O2S. The second-order valence-corrected chi connectivity index (χ2v) is 9.29. The minimum atomic E-state index is -0.729. The van der Waals surface area contributed by atoms with E-state index in [1.165, 1.54) is 11.8 Å². The minimum absolute atomic E-state index is 0.0908. The van der Waals surface area contributed by atoms with E-state index in [2.05, 4.69) is 27.2 Å². The van der Waals surface area contributed by atoms with Crippen molar-refractivity contribution in [2.45, 2.75) is 17.0 Å². The van der Waals surface area contributed by atoms with Crippen LogP contribution in [-0.4, -0.2) is 30.8 Å². The number of hydrogen-bond acceptors (Lipinski definition) is 7. The highest BCUT2D eigenvalue weighted by Crippen LogP contribution is 2.40. The van der Waals surface area contributed by atoms with Crippen molar-refractivity contribution in [1.29, 1.82) is 0 Å². The molecule has 35 heavy (non-hydrogen) atoms. The fourth-order valence-corrected chi connectivity index (χ4v) is 5.07. The number of fused-ring (bicyclic) bond motifs is 1. The second kappa shape index (κ2) is 9.81. The largest absolute Gasteiger partial charge is 0.508 e. The lowest BCUT2D eigenvalue weighted by Crippen LogP contribution is -2.39. The maximum absolute atomic E-state index is 13.4. The molecule has 0 spiro atoms. The molecule has 176 valence electrons. The number of halogens is 1. The third-order valence-corrected chi connectivity index (χ3v) is 6.83. The first-order valence-corrected chi connectivity index (χ1v) is 12.1. The molecule has 5 rings (SSSR count). The van der Waals surface area contributed by atoms with E-state index in [1.54, 1.807) is 47.4 Å². The SMILES string of the molecule is C=C1Nc2nc(SCc3ccccc3Cl)nn2[C@H](c2cccc(O)c2)[C@H]1C(=O)Nc1cccnc1. The minimum Gasteiger partial charge on any atom is -0.508 e. The van der Waals surface area contributed by atoms with Crippen LogP contribution in [-0.2, 0) is 10.5 Å². The van der Waals surface area contributed by atoms with E-state index in [0.717, 1.165) is 5.56 Å². The number of rotatable bonds is 6. The topological polar surface area (TPSA) is 105 Å². The summed E-state index contributed by atoms with van der Waals surface area (Å²) in [4.78, 5) is 22.1. The van der Waals surface area contributed by atoms with E-state index in [-0.39, 0.29) is 11.7 Å². The van der Waals surface area contributed by atoms with Crippen molar-refractivity contribution >= 4 is 40.9 Å². The molecule has 0 saturated carbocycles. The molecule has 0 fully saturated rings. The van der Waals surface area contributed by atoms with Crippen molar-refractivity contribution in [3.05, 3.63) is 101 Å². The summed E-state index contributed by atoms with van der Waals surface area (Å²) in [6.45, 7) is 4.11. The third kappa shape index (κ3) is 4.87. The number of carbonyl (C=O) groups excluding carboxylic acids is 1. The van der Waals surface area contributed by atoms with Crippen LogP contribution in [0.3, 0.4) is 0 Å². The van der Waals surface area contributed by atoms with Crippen molar-refractivity contribution in [2.24, 2.45) is 5.92 Å². The molecule has 0 bridgehead atoms. The van der Waals surface area contributed by atoms with Gasteiger partial charge in [0, 0.05) is 22.7 Å². The molecule has 1 amide bonds. The van der Waals surface area contributed by atoms with Gasteiger partial charge < -0.3 is 15.7 Å². The first-order chi connectivity index (χ1) is 17.0. The monoisotopic (exact) mass is 504 g/mol. The fourth-order valence-electron chi connectivity index (χ4n) is 3.96. The zero-order valence-electron chi connectivity index (χ0n) is 18.4. The zero-order valence-corrected chi connectivity index (χ0v) is 20.0. The zero-order chi connectivity index (χ0) is 24.4. The molecule has 1 aliphatic rings. The molecule has 0 radical (unpaired) electrons. The van der Waals surface area contributed by atoms with Gasteiger partial charge in [-0.1, -0.05) is 60.3 Å². The van der Waals surface area contributed by atoms with Crippen LogP contribution in [0.25, 0.3) is 0 Å². The molecule has 3 N–H and O–H groups in total. The maximum Gasteiger partial charge on any atom is 0.236 e. The lowest BCUT2D eigenvalue weighted by Gasteiger charge is -2.33. The Morgan fingerprint density at radius 1 is 1.20 bits per heavy atom. The van der Waals surface area contributed by atoms with Crippen LogP contribution < -0.4 is 10.6 Å². The molecule has 2 atom stereocenters. The smallest absolute Gasteiger partial charge is 0.236 e. The van der Waals surface area contributed by atoms with Gasteiger partial charge in [0.1, 0.15) is 11.7 Å². The number of aromatic nitrogens is 4. The lowest BCUT2D eigenvalue weighted by atomic mass is 9.88. The molecule has 0 aliphatic carbocycles. The van der Waals surface area contributed by atoms with Crippen molar-refractivity contribution in [3.8, 4) is 5.75 Å². The number of hydrogen-bond donors (Lipinski definition) is 3. The fraction of sp³-hybridized carbons (Fsp3) is 0.120. The van der Waals surface area contributed by atoms with Gasteiger partial charge >= 0.3 is 0 Å². The first kappa shape index (κ1) is 22.9. The average Bonchev–Trinajstić information content (AvgIpc) is 3.25. The highest BCUT2D eigenvalue weighted by molar-refractivity contribution is 7.98. The molecule has 4 aromatic rings. The molecule has 2 aromatic heterocycles. The number of pyridine rings is 1. The van der Waals surface area contributed by atoms with Gasteiger partial charge in [-0.2, -0.15) is 4.98 Å². The molecule has 2 aromatic carbocycles. The number of amides is 1. The van der Waals surface area contributed by atoms with Crippen molar-refractivity contribution in [3.63, 3.8) is 0 Å². The van der Waals surface area contributed by atoms with E-state index in [1.807, 2.05) is 30.3 Å². The average molecular weight is 505 g/mol. The van der Waals surface area contributed by atoms with E-state index in [9.17, 15) is 9.90 Å². The van der Waals surface area contributed by atoms with E-state index < -0.39 is 12.0 Å². The molecule has 0 saturated heterocycles. The number of thioether (sulfide) groups is 1. The van der Waals surface area contributed by atoms with Crippen LogP contribution in [0, 0.1) is 5.92 Å². The van der Waals surface area contributed by atoms with Gasteiger partial charge in [-0.25, -0.2) is 4.68 Å². The van der Waals surface area contributed by atoms with Crippen LogP contribution in [0.1, 0.15) is 17.2 Å². The van der Waals surface area contributed by atoms with E-state index in [0.29, 0.717) is 38.8 Å². The standard InChI is InChI=1S/C25H21ClN6O2S/c1-15-21(23(34)29-18-8-5-11-27-13-18)22(16-7-4-9-19(33)12-16)32-24(28-15)30-25(31-32)35-14-17-6-2-3-10-20(17)26/h2-13,21-22,33H,1,14H2,(H,29,34)(H,28,30,31)/t21-,22+/m0/s1. The number of nitrogens with one attached hydrogen (secondary N) is 2. The van der Waals surface area contributed by atoms with E-state index in [4.69, 9.17) is 16.7 Å². The lowest BCUT2D eigenvalue weighted by molar-refractivity contribution is -0.119. The predicted octanol–water partition coefficient (Wildman–Crippen LogP) is 5.11. The Kier molecular flexibility index (Phi) is 6.43. The summed E-state index contributed by atoms with van der Waals surface area (Å²) in [5, 5.41) is 22.1. The third-order valence-electron chi connectivity index (χ3n) is 5.58. The van der Waals surface area contributed by atoms with Crippen LogP contribution in [0.5, 0.6) is 5.75 Å². The second-order valence-electron chi connectivity index (χ2n) is 7.94. The van der Waals surface area contributed by atoms with Crippen LogP contribution in [0.4, 0.5) is 11.6 Å². The number of anilines is 2. The summed E-state index contributed by atoms with van der Waals surface area (Å²) in [5.41, 5.74) is 2.72. The first-order valence-electron chi connectivity index (χ1n) is 10.8. The van der Waals surface area contributed by atoms with Gasteiger partial charge in [0.15, 0.2) is 0 Å². The predicted molar refractivity (Wildman–Crippen MR) is 136 cm³/mol. The number of aromatic hydroxyl groups is 1. The van der Waals surface area contributed by atoms with Gasteiger partial charge in [0.05, 0.1) is 17.9 Å². The number of benzene rings is 2. The Labute approximate surface area is 211 Å². The molecule has 1 aliphatic heterocycles. The molecule has 8 nitrogen and oxygen atoms in total. The van der Waals surface area contributed by atoms with Gasteiger partial charge in [-0.15, -0.1) is 5.10 Å². The number of carbonyl (C=O) groups is 1. The maximum atomic E-state index is 13.4. The number of phenols is 1. The Bertz CT molecular complexity index is 1390. The van der Waals surface area contributed by atoms with Crippen LogP contribution in [0.2, 0.25) is 5.02 Å². The Balaban J connectivity index is 1.49. The summed E-state index contributed by atoms with van der Waals surface area (Å²) in [6, 6.07) is 17.3. The summed E-state index contributed by atoms with van der Waals surface area (Å²) in [7, 11) is 0. The van der Waals surface area contributed by atoms with Crippen molar-refractivity contribution in [2.75, 3.05) is 10.6 Å². The Morgan fingerprint density at radius 2 is 2.06 bits per heavy atom. The summed E-state index contributed by atoms with van der Waals surface area (Å²) in [6.07, 6.45) is 3.21. The van der Waals surface area contributed by atoms with Gasteiger partial charge in [0.25, 0.3) is 0 Å².